The zero-order valence-electron chi connectivity index (χ0n) is 17.2. The lowest BCUT2D eigenvalue weighted by Crippen LogP contribution is -2.22. The lowest BCUT2D eigenvalue weighted by atomic mass is 10.2. The Kier molecular flexibility index (Phi) is 5.57. The maximum absolute atomic E-state index is 13.0. The fourth-order valence-corrected chi connectivity index (χ4v) is 3.22. The van der Waals surface area contributed by atoms with Crippen LogP contribution in [-0.2, 0) is 7.05 Å². The SMILES string of the molecule is Cc1c(NC(=O)c2cccc(N=Cc3ccncc3)c2)c(=O)n(-c2ccccc2)n1C. The number of carbonyl (C=O) groups excluding carboxylic acids is 1. The van der Waals surface area contributed by atoms with Crippen LogP contribution in [0.4, 0.5) is 11.4 Å². The number of aromatic nitrogens is 3. The van der Waals surface area contributed by atoms with Gasteiger partial charge in [0.2, 0.25) is 0 Å². The van der Waals surface area contributed by atoms with Crippen molar-refractivity contribution in [1.82, 2.24) is 14.3 Å². The molecule has 0 aliphatic heterocycles. The smallest absolute Gasteiger partial charge is 0.295 e. The molecule has 2 heterocycles. The van der Waals surface area contributed by atoms with Gasteiger partial charge in [0, 0.05) is 31.2 Å². The van der Waals surface area contributed by atoms with Crippen LogP contribution in [0.5, 0.6) is 0 Å². The first-order valence-corrected chi connectivity index (χ1v) is 9.74. The number of aliphatic imine (C=N–C) groups is 1. The van der Waals surface area contributed by atoms with Crippen molar-refractivity contribution in [3.05, 3.63) is 106 Å². The van der Waals surface area contributed by atoms with Crippen LogP contribution >= 0.6 is 0 Å². The van der Waals surface area contributed by atoms with Crippen molar-refractivity contribution in [1.29, 1.82) is 0 Å². The quantitative estimate of drug-likeness (QED) is 0.506. The number of para-hydroxylation sites is 1. The van der Waals surface area contributed by atoms with Gasteiger partial charge in [0.05, 0.1) is 17.1 Å². The van der Waals surface area contributed by atoms with E-state index in [-0.39, 0.29) is 17.2 Å². The van der Waals surface area contributed by atoms with Gasteiger partial charge in [-0.15, -0.1) is 0 Å². The fourth-order valence-electron chi connectivity index (χ4n) is 3.22. The van der Waals surface area contributed by atoms with E-state index in [9.17, 15) is 9.59 Å². The highest BCUT2D eigenvalue weighted by molar-refractivity contribution is 6.05. The molecule has 0 atom stereocenters. The Morgan fingerprint density at radius 1 is 1.03 bits per heavy atom. The van der Waals surface area contributed by atoms with E-state index in [2.05, 4.69) is 15.3 Å². The van der Waals surface area contributed by atoms with Crippen molar-refractivity contribution < 1.29 is 4.79 Å². The molecule has 0 fully saturated rings. The molecule has 1 amide bonds. The van der Waals surface area contributed by atoms with Crippen molar-refractivity contribution in [2.24, 2.45) is 12.0 Å². The molecular weight excluding hydrogens is 390 g/mol. The fraction of sp³-hybridized carbons (Fsp3) is 0.0833. The minimum absolute atomic E-state index is 0.252. The number of hydrogen-bond acceptors (Lipinski definition) is 4. The number of pyridine rings is 1. The van der Waals surface area contributed by atoms with Crippen molar-refractivity contribution in [3.63, 3.8) is 0 Å². The molecule has 2 aromatic heterocycles. The molecule has 7 nitrogen and oxygen atoms in total. The Bertz CT molecular complexity index is 1310. The molecule has 0 unspecified atom stereocenters. The zero-order chi connectivity index (χ0) is 21.8. The highest BCUT2D eigenvalue weighted by Gasteiger charge is 2.18. The summed E-state index contributed by atoms with van der Waals surface area (Å²) in [6, 6.07) is 19.9. The van der Waals surface area contributed by atoms with E-state index in [4.69, 9.17) is 0 Å². The van der Waals surface area contributed by atoms with E-state index in [0.717, 1.165) is 11.3 Å². The molecule has 0 aliphatic rings. The molecule has 0 spiro atoms. The summed E-state index contributed by atoms with van der Waals surface area (Å²) in [5.74, 6) is -0.369. The van der Waals surface area contributed by atoms with Gasteiger partial charge in [0.1, 0.15) is 5.69 Å². The van der Waals surface area contributed by atoms with Gasteiger partial charge >= 0.3 is 0 Å². The Balaban J connectivity index is 1.60. The zero-order valence-corrected chi connectivity index (χ0v) is 17.2. The molecule has 2 aromatic carbocycles. The maximum atomic E-state index is 13.0. The largest absolute Gasteiger partial charge is 0.316 e. The monoisotopic (exact) mass is 411 g/mol. The molecular formula is C24H21N5O2. The van der Waals surface area contributed by atoms with Crippen LogP contribution in [0.25, 0.3) is 5.69 Å². The van der Waals surface area contributed by atoms with Gasteiger partial charge in [-0.05, 0) is 55.0 Å². The highest BCUT2D eigenvalue weighted by atomic mass is 16.2. The summed E-state index contributed by atoms with van der Waals surface area (Å²) in [5, 5.41) is 2.77. The number of hydrogen-bond donors (Lipinski definition) is 1. The lowest BCUT2D eigenvalue weighted by molar-refractivity contribution is 0.102. The van der Waals surface area contributed by atoms with Gasteiger partial charge in [-0.1, -0.05) is 24.3 Å². The first-order chi connectivity index (χ1) is 15.0. The highest BCUT2D eigenvalue weighted by Crippen LogP contribution is 2.18. The van der Waals surface area contributed by atoms with E-state index >= 15 is 0 Å². The predicted octanol–water partition coefficient (Wildman–Crippen LogP) is 3.88. The normalized spacial score (nSPS) is 11.0. The summed E-state index contributed by atoms with van der Waals surface area (Å²) in [6.45, 7) is 1.80. The van der Waals surface area contributed by atoms with E-state index in [1.807, 2.05) is 48.5 Å². The summed E-state index contributed by atoms with van der Waals surface area (Å²) < 4.78 is 3.25. The number of nitrogens with one attached hydrogen (secondary N) is 1. The first-order valence-electron chi connectivity index (χ1n) is 9.74. The molecule has 154 valence electrons. The second-order valence-electron chi connectivity index (χ2n) is 6.98. The van der Waals surface area contributed by atoms with Crippen molar-refractivity contribution in [2.45, 2.75) is 6.92 Å². The Hall–Kier alpha value is -4.26. The third kappa shape index (κ3) is 4.20. The van der Waals surface area contributed by atoms with E-state index in [0.29, 0.717) is 16.9 Å². The predicted molar refractivity (Wildman–Crippen MR) is 122 cm³/mol. The number of rotatable bonds is 5. The average molecular weight is 411 g/mol. The molecule has 31 heavy (non-hydrogen) atoms. The number of nitrogens with zero attached hydrogens (tertiary/aromatic N) is 4. The van der Waals surface area contributed by atoms with Gasteiger partial charge in [0.15, 0.2) is 0 Å². The maximum Gasteiger partial charge on any atom is 0.295 e. The molecule has 0 bridgehead atoms. The van der Waals surface area contributed by atoms with Gasteiger partial charge in [-0.2, -0.15) is 0 Å². The number of anilines is 1. The van der Waals surface area contributed by atoms with E-state index in [1.165, 1.54) is 4.68 Å². The van der Waals surface area contributed by atoms with Crippen LogP contribution < -0.4 is 10.9 Å². The van der Waals surface area contributed by atoms with E-state index < -0.39 is 0 Å². The number of amides is 1. The van der Waals surface area contributed by atoms with Gasteiger partial charge in [0.25, 0.3) is 11.5 Å². The Morgan fingerprint density at radius 2 is 1.77 bits per heavy atom. The van der Waals surface area contributed by atoms with Gasteiger partial charge in [-0.3, -0.25) is 24.2 Å². The summed E-state index contributed by atoms with van der Waals surface area (Å²) >= 11 is 0. The number of carbonyl (C=O) groups is 1. The molecule has 0 saturated carbocycles. The Morgan fingerprint density at radius 3 is 2.52 bits per heavy atom. The molecule has 0 saturated heterocycles. The summed E-state index contributed by atoms with van der Waals surface area (Å²) in [4.78, 5) is 34.3. The Labute approximate surface area is 179 Å². The van der Waals surface area contributed by atoms with Crippen LogP contribution in [0.15, 0.2) is 88.9 Å². The summed E-state index contributed by atoms with van der Waals surface area (Å²) in [7, 11) is 1.79. The third-order valence-corrected chi connectivity index (χ3v) is 4.97. The van der Waals surface area contributed by atoms with Crippen molar-refractivity contribution >= 4 is 23.5 Å². The standard InChI is InChI=1S/C24H21N5O2/c1-17-22(24(31)29(28(17)2)21-9-4-3-5-10-21)27-23(30)19-7-6-8-20(15-19)26-16-18-11-13-25-14-12-18/h3-16H,1-2H3,(H,27,30). The lowest BCUT2D eigenvalue weighted by Gasteiger charge is -2.07. The average Bonchev–Trinajstić information content (AvgIpc) is 3.02. The van der Waals surface area contributed by atoms with Crippen LogP contribution in [0, 0.1) is 6.92 Å². The van der Waals surface area contributed by atoms with Crippen LogP contribution in [0.3, 0.4) is 0 Å². The minimum Gasteiger partial charge on any atom is -0.316 e. The van der Waals surface area contributed by atoms with Gasteiger partial charge in [-0.25, -0.2) is 4.68 Å². The second kappa shape index (κ2) is 8.62. The molecule has 0 radical (unpaired) electrons. The topological polar surface area (TPSA) is 81.3 Å². The van der Waals surface area contributed by atoms with Crippen molar-refractivity contribution in [3.8, 4) is 5.69 Å². The second-order valence-corrected chi connectivity index (χ2v) is 6.98. The van der Waals surface area contributed by atoms with E-state index in [1.54, 1.807) is 55.5 Å². The summed E-state index contributed by atoms with van der Waals surface area (Å²) in [6.07, 6.45) is 5.09. The van der Waals surface area contributed by atoms with Crippen LogP contribution in [0.2, 0.25) is 0 Å². The molecule has 0 aliphatic carbocycles. The molecule has 1 N–H and O–H groups in total. The van der Waals surface area contributed by atoms with Crippen molar-refractivity contribution in [2.75, 3.05) is 5.32 Å². The third-order valence-electron chi connectivity index (χ3n) is 4.97. The van der Waals surface area contributed by atoms with Crippen LogP contribution in [-0.4, -0.2) is 26.5 Å². The molecule has 4 rings (SSSR count). The van der Waals surface area contributed by atoms with Crippen LogP contribution in [0.1, 0.15) is 21.6 Å². The molecule has 4 aromatic rings. The summed E-state index contributed by atoms with van der Waals surface area (Å²) in [5.41, 5.74) is 3.31. The minimum atomic E-state index is -0.369. The van der Waals surface area contributed by atoms with Gasteiger partial charge < -0.3 is 5.32 Å². The first kappa shape index (κ1) is 20.0. The molecule has 7 heteroatoms. The number of benzene rings is 2.